The van der Waals surface area contributed by atoms with Crippen LogP contribution in [-0.4, -0.2) is 24.1 Å². The second kappa shape index (κ2) is 7.50. The van der Waals surface area contributed by atoms with E-state index < -0.39 is 17.6 Å². The van der Waals surface area contributed by atoms with Crippen LogP contribution in [0, 0.1) is 5.82 Å². The van der Waals surface area contributed by atoms with Crippen LogP contribution < -0.4 is 10.2 Å². The molecule has 24 heavy (non-hydrogen) atoms. The minimum Gasteiger partial charge on any atom is -0.325 e. The summed E-state index contributed by atoms with van der Waals surface area (Å²) in [6.07, 6.45) is 0. The van der Waals surface area contributed by atoms with Gasteiger partial charge in [0.25, 0.3) is 0 Å². The van der Waals surface area contributed by atoms with Crippen LogP contribution in [0.1, 0.15) is 24.2 Å². The van der Waals surface area contributed by atoms with Gasteiger partial charge < -0.3 is 10.2 Å². The lowest BCUT2D eigenvalue weighted by Gasteiger charge is -2.21. The Morgan fingerprint density at radius 1 is 1.00 bits per heavy atom. The van der Waals surface area contributed by atoms with Gasteiger partial charge in [-0.25, -0.2) is 4.39 Å². The number of halogens is 1. The van der Waals surface area contributed by atoms with E-state index in [0.717, 1.165) is 4.90 Å². The van der Waals surface area contributed by atoms with Crippen LogP contribution in [0.3, 0.4) is 0 Å². The van der Waals surface area contributed by atoms with E-state index in [4.69, 9.17) is 0 Å². The van der Waals surface area contributed by atoms with Crippen molar-refractivity contribution in [1.82, 2.24) is 0 Å². The van der Waals surface area contributed by atoms with E-state index in [1.165, 1.54) is 32.0 Å². The van der Waals surface area contributed by atoms with E-state index in [-0.39, 0.29) is 18.0 Å². The number of nitrogens with one attached hydrogen (secondary N) is 1. The van der Waals surface area contributed by atoms with Gasteiger partial charge in [-0.15, -0.1) is 0 Å². The van der Waals surface area contributed by atoms with Crippen molar-refractivity contribution in [2.24, 2.45) is 0 Å². The molecule has 0 bridgehead atoms. The fraction of sp³-hybridized carbons (Fsp3) is 0.167. The lowest BCUT2D eigenvalue weighted by Crippen LogP contribution is -2.37. The van der Waals surface area contributed by atoms with Gasteiger partial charge in [0, 0.05) is 18.2 Å². The van der Waals surface area contributed by atoms with Crippen LogP contribution in [0.25, 0.3) is 0 Å². The first-order chi connectivity index (χ1) is 11.4. The number of para-hydroxylation sites is 1. The average Bonchev–Trinajstić information content (AvgIpc) is 2.53. The predicted molar refractivity (Wildman–Crippen MR) is 89.5 cm³/mol. The molecule has 2 aromatic rings. The number of nitrogens with zero attached hydrogens (tertiary/aromatic N) is 1. The van der Waals surface area contributed by atoms with Gasteiger partial charge in [-0.2, -0.15) is 0 Å². The van der Waals surface area contributed by atoms with Crippen LogP contribution in [0.4, 0.5) is 15.8 Å². The second-order valence-corrected chi connectivity index (χ2v) is 5.24. The second-order valence-electron chi connectivity index (χ2n) is 5.24. The predicted octanol–water partition coefficient (Wildman–Crippen LogP) is 3.02. The zero-order chi connectivity index (χ0) is 17.7. The van der Waals surface area contributed by atoms with E-state index in [2.05, 4.69) is 5.32 Å². The van der Waals surface area contributed by atoms with Gasteiger partial charge in [0.2, 0.25) is 11.8 Å². The van der Waals surface area contributed by atoms with Crippen molar-refractivity contribution in [3.05, 3.63) is 59.9 Å². The Morgan fingerprint density at radius 3 is 2.17 bits per heavy atom. The van der Waals surface area contributed by atoms with Crippen LogP contribution in [-0.2, 0) is 9.59 Å². The summed E-state index contributed by atoms with van der Waals surface area (Å²) in [5, 5.41) is 2.62. The van der Waals surface area contributed by atoms with Gasteiger partial charge in [-0.3, -0.25) is 14.4 Å². The molecule has 0 aliphatic carbocycles. The first-order valence-corrected chi connectivity index (χ1v) is 7.32. The molecule has 0 aliphatic rings. The van der Waals surface area contributed by atoms with Crippen LogP contribution in [0.5, 0.6) is 0 Å². The van der Waals surface area contributed by atoms with Crippen molar-refractivity contribution >= 4 is 29.0 Å². The molecule has 2 rings (SSSR count). The summed E-state index contributed by atoms with van der Waals surface area (Å²) in [5.74, 6) is -1.56. The maximum atomic E-state index is 13.8. The van der Waals surface area contributed by atoms with Gasteiger partial charge in [-0.1, -0.05) is 12.1 Å². The number of hydrogen-bond donors (Lipinski definition) is 1. The number of rotatable bonds is 5. The molecule has 0 fully saturated rings. The molecule has 0 unspecified atom stereocenters. The highest BCUT2D eigenvalue weighted by atomic mass is 19.1. The molecule has 5 nitrogen and oxygen atoms in total. The summed E-state index contributed by atoms with van der Waals surface area (Å²) in [6, 6.07) is 12.1. The lowest BCUT2D eigenvalue weighted by molar-refractivity contribution is -0.120. The summed E-state index contributed by atoms with van der Waals surface area (Å²) in [6.45, 7) is 2.40. The molecule has 0 aliphatic heterocycles. The summed E-state index contributed by atoms with van der Waals surface area (Å²) in [7, 11) is 0. The molecule has 124 valence electrons. The number of carbonyl (C=O) groups excluding carboxylic acids is 3. The molecule has 0 spiro atoms. The van der Waals surface area contributed by atoms with Crippen LogP contribution >= 0.6 is 0 Å². The molecule has 0 aromatic heterocycles. The Morgan fingerprint density at radius 2 is 1.62 bits per heavy atom. The first kappa shape index (κ1) is 17.3. The maximum absolute atomic E-state index is 13.8. The number of ketones is 1. The number of carbonyl (C=O) groups is 3. The zero-order valence-corrected chi connectivity index (χ0v) is 13.4. The van der Waals surface area contributed by atoms with Gasteiger partial charge >= 0.3 is 0 Å². The minimum absolute atomic E-state index is 0.0482. The van der Waals surface area contributed by atoms with Crippen molar-refractivity contribution in [2.45, 2.75) is 13.8 Å². The molecular formula is C18H17FN2O3. The molecule has 2 amide bonds. The Hall–Kier alpha value is -3.02. The molecule has 0 saturated carbocycles. The highest BCUT2D eigenvalue weighted by Crippen LogP contribution is 2.19. The Labute approximate surface area is 139 Å². The average molecular weight is 328 g/mol. The standard InChI is InChI=1S/C18H17FN2O3/c1-12(22)14-7-9-15(10-8-14)20-18(24)11-21(13(2)23)17-6-4-3-5-16(17)19/h3-10H,11H2,1-2H3,(H,20,24). The van der Waals surface area contributed by atoms with Crippen LogP contribution in [0.2, 0.25) is 0 Å². The summed E-state index contributed by atoms with van der Waals surface area (Å²) >= 11 is 0. The van der Waals surface area contributed by atoms with Crippen molar-refractivity contribution < 1.29 is 18.8 Å². The monoisotopic (exact) mass is 328 g/mol. The first-order valence-electron chi connectivity index (χ1n) is 7.32. The SMILES string of the molecule is CC(=O)c1ccc(NC(=O)CN(C(C)=O)c2ccccc2F)cc1. The Kier molecular flexibility index (Phi) is 5.42. The highest BCUT2D eigenvalue weighted by Gasteiger charge is 2.18. The number of benzene rings is 2. The third kappa shape index (κ3) is 4.25. The molecule has 0 heterocycles. The summed E-state index contributed by atoms with van der Waals surface area (Å²) in [4.78, 5) is 36.2. The number of anilines is 2. The molecule has 0 saturated heterocycles. The number of hydrogen-bond acceptors (Lipinski definition) is 3. The zero-order valence-electron chi connectivity index (χ0n) is 13.4. The Balaban J connectivity index is 2.10. The fourth-order valence-corrected chi connectivity index (χ4v) is 2.17. The molecular weight excluding hydrogens is 311 g/mol. The van der Waals surface area contributed by atoms with Gasteiger partial charge in [-0.05, 0) is 43.3 Å². The molecule has 1 N–H and O–H groups in total. The van der Waals surface area contributed by atoms with Crippen molar-refractivity contribution in [2.75, 3.05) is 16.8 Å². The Bertz CT molecular complexity index is 772. The van der Waals surface area contributed by atoms with Crippen LogP contribution in [0.15, 0.2) is 48.5 Å². The van der Waals surface area contributed by atoms with E-state index in [1.807, 2.05) is 0 Å². The topological polar surface area (TPSA) is 66.5 Å². The number of Topliss-reactive ketones (excluding diaryl/α,β-unsaturated/α-hetero) is 1. The van der Waals surface area contributed by atoms with Crippen molar-refractivity contribution in [3.8, 4) is 0 Å². The van der Waals surface area contributed by atoms with E-state index in [9.17, 15) is 18.8 Å². The molecule has 2 aromatic carbocycles. The lowest BCUT2D eigenvalue weighted by atomic mass is 10.1. The largest absolute Gasteiger partial charge is 0.325 e. The third-order valence-corrected chi connectivity index (χ3v) is 3.40. The van der Waals surface area contributed by atoms with Gasteiger partial charge in [0.15, 0.2) is 5.78 Å². The van der Waals surface area contributed by atoms with E-state index >= 15 is 0 Å². The highest BCUT2D eigenvalue weighted by molar-refractivity contribution is 6.02. The molecule has 0 atom stereocenters. The summed E-state index contributed by atoms with van der Waals surface area (Å²) in [5.41, 5.74) is 1.07. The molecule has 0 radical (unpaired) electrons. The van der Waals surface area contributed by atoms with Gasteiger partial charge in [0.05, 0.1) is 5.69 Å². The number of amides is 2. The minimum atomic E-state index is -0.577. The smallest absolute Gasteiger partial charge is 0.244 e. The third-order valence-electron chi connectivity index (χ3n) is 3.40. The van der Waals surface area contributed by atoms with E-state index in [1.54, 1.807) is 30.3 Å². The quantitative estimate of drug-likeness (QED) is 0.858. The van der Waals surface area contributed by atoms with Crippen molar-refractivity contribution in [1.29, 1.82) is 0 Å². The maximum Gasteiger partial charge on any atom is 0.244 e. The summed E-state index contributed by atoms with van der Waals surface area (Å²) < 4.78 is 13.8. The molecule has 6 heteroatoms. The van der Waals surface area contributed by atoms with Crippen molar-refractivity contribution in [3.63, 3.8) is 0 Å². The normalized spacial score (nSPS) is 10.1. The van der Waals surface area contributed by atoms with E-state index in [0.29, 0.717) is 11.3 Å². The van der Waals surface area contributed by atoms with Gasteiger partial charge in [0.1, 0.15) is 12.4 Å². The fourth-order valence-electron chi connectivity index (χ4n) is 2.17.